The molecule has 21 heavy (non-hydrogen) atoms. The minimum absolute atomic E-state index is 0.143. The molecule has 0 aliphatic carbocycles. The van der Waals surface area contributed by atoms with Crippen LogP contribution < -0.4 is 4.74 Å². The predicted octanol–water partition coefficient (Wildman–Crippen LogP) is 2.97. The third-order valence-electron chi connectivity index (χ3n) is 2.85. The third-order valence-corrected chi connectivity index (χ3v) is 2.85. The van der Waals surface area contributed by atoms with Crippen molar-refractivity contribution in [2.75, 3.05) is 0 Å². The number of nitro benzene ring substituents is 1. The fraction of sp³-hybridized carbons (Fsp3) is 0.0625. The van der Waals surface area contributed by atoms with Crippen LogP contribution in [0.4, 0.5) is 5.69 Å². The van der Waals surface area contributed by atoms with Gasteiger partial charge in [0.2, 0.25) is 0 Å². The van der Waals surface area contributed by atoms with Crippen molar-refractivity contribution in [3.63, 3.8) is 0 Å². The van der Waals surface area contributed by atoms with Crippen LogP contribution in [-0.2, 0) is 6.61 Å². The van der Waals surface area contributed by atoms with E-state index in [0.29, 0.717) is 12.0 Å². The Kier molecular flexibility index (Phi) is 4.32. The molecule has 0 atom stereocenters. The molecule has 0 aromatic heterocycles. The zero-order valence-electron chi connectivity index (χ0n) is 11.0. The molecule has 104 valence electrons. The molecular formula is C16H11NO4. The molecule has 0 heterocycles. The molecule has 0 radical (unpaired) electrons. The van der Waals surface area contributed by atoms with Crippen LogP contribution >= 0.6 is 0 Å². The van der Waals surface area contributed by atoms with Crippen molar-refractivity contribution in [2.24, 2.45) is 0 Å². The quantitative estimate of drug-likeness (QED) is 0.365. The second kappa shape index (κ2) is 6.35. The van der Waals surface area contributed by atoms with Gasteiger partial charge in [0.15, 0.2) is 6.29 Å². The maximum Gasteiger partial charge on any atom is 0.270 e. The average Bonchev–Trinajstić information content (AvgIpc) is 2.53. The number of carbonyl (C=O) groups is 1. The van der Waals surface area contributed by atoms with Crippen molar-refractivity contribution < 1.29 is 14.5 Å². The van der Waals surface area contributed by atoms with Gasteiger partial charge in [-0.05, 0) is 23.8 Å². The van der Waals surface area contributed by atoms with Crippen LogP contribution in [0.25, 0.3) is 0 Å². The number of benzene rings is 2. The van der Waals surface area contributed by atoms with Crippen LogP contribution in [0, 0.1) is 22.5 Å². The SMILES string of the molecule is C#Cc1ccc(COc2ccc([N+](=O)[O-])cc2C=O)cc1. The van der Waals surface area contributed by atoms with Crippen LogP contribution in [0.1, 0.15) is 21.5 Å². The lowest BCUT2D eigenvalue weighted by Gasteiger charge is -2.08. The van der Waals surface area contributed by atoms with Crippen LogP contribution in [0.2, 0.25) is 0 Å². The summed E-state index contributed by atoms with van der Waals surface area (Å²) in [6.45, 7) is 0.240. The lowest BCUT2D eigenvalue weighted by atomic mass is 10.1. The molecule has 0 bridgehead atoms. The average molecular weight is 281 g/mol. The van der Waals surface area contributed by atoms with E-state index in [1.807, 2.05) is 12.1 Å². The van der Waals surface area contributed by atoms with Gasteiger partial charge in [-0.25, -0.2) is 0 Å². The van der Waals surface area contributed by atoms with Crippen LogP contribution in [0.3, 0.4) is 0 Å². The van der Waals surface area contributed by atoms with Crippen molar-refractivity contribution in [3.05, 3.63) is 69.3 Å². The summed E-state index contributed by atoms with van der Waals surface area (Å²) in [5.74, 6) is 2.81. The Balaban J connectivity index is 2.13. The van der Waals surface area contributed by atoms with Gasteiger partial charge in [0.05, 0.1) is 10.5 Å². The van der Waals surface area contributed by atoms with E-state index >= 15 is 0 Å². The summed E-state index contributed by atoms with van der Waals surface area (Å²) in [4.78, 5) is 21.1. The summed E-state index contributed by atoms with van der Waals surface area (Å²) in [7, 11) is 0. The highest BCUT2D eigenvalue weighted by atomic mass is 16.6. The highest BCUT2D eigenvalue weighted by Gasteiger charge is 2.11. The minimum Gasteiger partial charge on any atom is -0.488 e. The van der Waals surface area contributed by atoms with E-state index in [1.54, 1.807) is 12.1 Å². The number of nitrogens with zero attached hydrogens (tertiary/aromatic N) is 1. The number of rotatable bonds is 5. The summed E-state index contributed by atoms with van der Waals surface area (Å²) in [6, 6.07) is 11.1. The smallest absolute Gasteiger partial charge is 0.270 e. The van der Waals surface area contributed by atoms with Crippen LogP contribution in [0.15, 0.2) is 42.5 Å². The highest BCUT2D eigenvalue weighted by molar-refractivity contribution is 5.80. The molecule has 5 nitrogen and oxygen atoms in total. The van der Waals surface area contributed by atoms with Gasteiger partial charge in [-0.15, -0.1) is 6.42 Å². The molecule has 0 aliphatic rings. The van der Waals surface area contributed by atoms with Crippen molar-refractivity contribution in [1.82, 2.24) is 0 Å². The number of ether oxygens (including phenoxy) is 1. The van der Waals surface area contributed by atoms with E-state index < -0.39 is 4.92 Å². The fourth-order valence-corrected chi connectivity index (χ4v) is 1.73. The molecule has 0 aliphatic heterocycles. The summed E-state index contributed by atoms with van der Waals surface area (Å²) in [6.07, 6.45) is 5.80. The molecule has 5 heteroatoms. The van der Waals surface area contributed by atoms with Gasteiger partial charge in [-0.2, -0.15) is 0 Å². The van der Waals surface area contributed by atoms with Crippen molar-refractivity contribution in [3.8, 4) is 18.1 Å². The first kappa shape index (κ1) is 14.3. The van der Waals surface area contributed by atoms with Gasteiger partial charge >= 0.3 is 0 Å². The molecule has 2 rings (SSSR count). The first-order valence-corrected chi connectivity index (χ1v) is 6.06. The van der Waals surface area contributed by atoms with Gasteiger partial charge in [-0.1, -0.05) is 18.1 Å². The Hall–Kier alpha value is -3.13. The Bertz CT molecular complexity index is 714. The van der Waals surface area contributed by atoms with Gasteiger partial charge in [-0.3, -0.25) is 14.9 Å². The largest absolute Gasteiger partial charge is 0.488 e. The number of nitro groups is 1. The topological polar surface area (TPSA) is 69.4 Å². The summed E-state index contributed by atoms with van der Waals surface area (Å²) >= 11 is 0. The fourth-order valence-electron chi connectivity index (χ4n) is 1.73. The molecule has 0 amide bonds. The molecule has 0 saturated heterocycles. The number of hydrogen-bond donors (Lipinski definition) is 0. The Morgan fingerprint density at radius 3 is 2.52 bits per heavy atom. The first-order valence-electron chi connectivity index (χ1n) is 6.06. The van der Waals surface area contributed by atoms with E-state index in [1.165, 1.54) is 18.2 Å². The number of terminal acetylenes is 1. The zero-order chi connectivity index (χ0) is 15.2. The molecule has 0 unspecified atom stereocenters. The summed E-state index contributed by atoms with van der Waals surface area (Å²) in [5, 5.41) is 10.7. The monoisotopic (exact) mass is 281 g/mol. The van der Waals surface area contributed by atoms with Crippen molar-refractivity contribution in [2.45, 2.75) is 6.61 Å². The lowest BCUT2D eigenvalue weighted by Crippen LogP contribution is -1.99. The number of non-ortho nitro benzene ring substituents is 1. The van der Waals surface area contributed by atoms with Gasteiger partial charge in [0.1, 0.15) is 12.4 Å². The van der Waals surface area contributed by atoms with Gasteiger partial charge in [0.25, 0.3) is 5.69 Å². The zero-order valence-corrected chi connectivity index (χ0v) is 11.0. The Morgan fingerprint density at radius 2 is 1.95 bits per heavy atom. The van der Waals surface area contributed by atoms with E-state index in [2.05, 4.69) is 5.92 Å². The number of carbonyl (C=O) groups excluding carboxylic acids is 1. The molecule has 0 saturated carbocycles. The maximum atomic E-state index is 11.0. The van der Waals surface area contributed by atoms with Gasteiger partial charge in [0, 0.05) is 17.7 Å². The van der Waals surface area contributed by atoms with E-state index in [-0.39, 0.29) is 17.9 Å². The molecule has 0 N–H and O–H groups in total. The van der Waals surface area contributed by atoms with Crippen molar-refractivity contribution in [1.29, 1.82) is 0 Å². The van der Waals surface area contributed by atoms with Crippen molar-refractivity contribution >= 4 is 12.0 Å². The molecule has 2 aromatic carbocycles. The van der Waals surface area contributed by atoms with Gasteiger partial charge < -0.3 is 4.74 Å². The lowest BCUT2D eigenvalue weighted by molar-refractivity contribution is -0.384. The Morgan fingerprint density at radius 1 is 1.24 bits per heavy atom. The maximum absolute atomic E-state index is 11.0. The third kappa shape index (κ3) is 3.45. The molecule has 2 aromatic rings. The number of aldehydes is 1. The van der Waals surface area contributed by atoms with E-state index in [0.717, 1.165) is 11.1 Å². The number of hydrogen-bond acceptors (Lipinski definition) is 4. The first-order chi connectivity index (χ1) is 10.1. The molecule has 0 fully saturated rings. The standard InChI is InChI=1S/C16H11NO4/c1-2-12-3-5-13(6-4-12)11-21-16-8-7-15(17(19)20)9-14(16)10-18/h1,3-10H,11H2. The molecular weight excluding hydrogens is 270 g/mol. The van der Waals surface area contributed by atoms with Crippen LogP contribution in [-0.4, -0.2) is 11.2 Å². The normalized spacial score (nSPS) is 9.67. The summed E-state index contributed by atoms with van der Waals surface area (Å²) < 4.78 is 5.52. The molecule has 0 spiro atoms. The van der Waals surface area contributed by atoms with E-state index in [4.69, 9.17) is 11.2 Å². The predicted molar refractivity (Wildman–Crippen MR) is 77.2 cm³/mol. The second-order valence-electron chi connectivity index (χ2n) is 4.23. The van der Waals surface area contributed by atoms with Crippen LogP contribution in [0.5, 0.6) is 5.75 Å². The van der Waals surface area contributed by atoms with E-state index in [9.17, 15) is 14.9 Å². The minimum atomic E-state index is -0.560. The summed E-state index contributed by atoms with van der Waals surface area (Å²) in [5.41, 5.74) is 1.64. The second-order valence-corrected chi connectivity index (χ2v) is 4.23. The Labute approximate surface area is 121 Å². The highest BCUT2D eigenvalue weighted by Crippen LogP contribution is 2.23.